The number of rotatable bonds is 4. The Bertz CT molecular complexity index is 486. The van der Waals surface area contributed by atoms with Crippen LogP contribution in [0.5, 0.6) is 0 Å². The lowest BCUT2D eigenvalue weighted by Crippen LogP contribution is -2.45. The van der Waals surface area contributed by atoms with Gasteiger partial charge in [-0.05, 0) is 25.7 Å². The van der Waals surface area contributed by atoms with E-state index in [9.17, 15) is 9.59 Å². The summed E-state index contributed by atoms with van der Waals surface area (Å²) in [6.07, 6.45) is 1.81. The fourth-order valence-corrected chi connectivity index (χ4v) is 2.44. The van der Waals surface area contributed by atoms with Crippen molar-refractivity contribution >= 4 is 12.0 Å². The number of aryl methyl sites for hydroxylation is 1. The lowest BCUT2D eigenvalue weighted by atomic mass is 9.95. The zero-order chi connectivity index (χ0) is 14.5. The Morgan fingerprint density at radius 2 is 2.40 bits per heavy atom. The van der Waals surface area contributed by atoms with Gasteiger partial charge in [-0.2, -0.15) is 0 Å². The molecular formula is C13H19N3O4. The molecule has 1 aromatic heterocycles. The van der Waals surface area contributed by atoms with Crippen LogP contribution < -0.4 is 5.32 Å². The summed E-state index contributed by atoms with van der Waals surface area (Å²) >= 11 is 0. The van der Waals surface area contributed by atoms with Gasteiger partial charge in [0.15, 0.2) is 5.76 Å². The molecular weight excluding hydrogens is 262 g/mol. The Labute approximate surface area is 116 Å². The molecule has 1 atom stereocenters. The number of aliphatic carboxylic acids is 1. The molecule has 0 aromatic carbocycles. The predicted octanol–water partition coefficient (Wildman–Crippen LogP) is 1.38. The van der Waals surface area contributed by atoms with E-state index in [2.05, 4.69) is 10.5 Å². The van der Waals surface area contributed by atoms with Crippen molar-refractivity contribution in [1.82, 2.24) is 15.4 Å². The Morgan fingerprint density at radius 3 is 3.05 bits per heavy atom. The zero-order valence-electron chi connectivity index (χ0n) is 11.5. The van der Waals surface area contributed by atoms with Gasteiger partial charge in [0, 0.05) is 25.6 Å². The second kappa shape index (κ2) is 6.40. The molecule has 2 heterocycles. The van der Waals surface area contributed by atoms with Crippen molar-refractivity contribution in [1.29, 1.82) is 0 Å². The first-order chi connectivity index (χ1) is 9.54. The first-order valence-electron chi connectivity index (χ1n) is 6.71. The minimum absolute atomic E-state index is 0.0412. The number of hydrogen-bond donors (Lipinski definition) is 2. The maximum Gasteiger partial charge on any atom is 0.317 e. The fraction of sp³-hybridized carbons (Fsp3) is 0.615. The van der Waals surface area contributed by atoms with Crippen molar-refractivity contribution in [3.63, 3.8) is 0 Å². The van der Waals surface area contributed by atoms with Gasteiger partial charge in [-0.25, -0.2) is 4.79 Å². The number of hydrogen-bond acceptors (Lipinski definition) is 4. The number of urea groups is 1. The average molecular weight is 281 g/mol. The number of aromatic nitrogens is 1. The van der Waals surface area contributed by atoms with Gasteiger partial charge in [-0.1, -0.05) is 5.16 Å². The van der Waals surface area contributed by atoms with Gasteiger partial charge in [0.2, 0.25) is 0 Å². The SMILES string of the molecule is Cc1cc(CNC(=O)N2CCCC(CC(=O)O)C2)on1. The first kappa shape index (κ1) is 14.4. The van der Waals surface area contributed by atoms with Gasteiger partial charge in [0.05, 0.1) is 12.2 Å². The van der Waals surface area contributed by atoms with E-state index in [1.54, 1.807) is 11.0 Å². The fourth-order valence-electron chi connectivity index (χ4n) is 2.44. The summed E-state index contributed by atoms with van der Waals surface area (Å²) in [5.41, 5.74) is 0.772. The molecule has 0 bridgehead atoms. The highest BCUT2D eigenvalue weighted by molar-refractivity contribution is 5.74. The standard InChI is InChI=1S/C13H19N3O4/c1-9-5-11(20-15-9)7-14-13(19)16-4-2-3-10(8-16)6-12(17)18/h5,10H,2-4,6-8H2,1H3,(H,14,19)(H,17,18). The molecule has 1 aliphatic heterocycles. The average Bonchev–Trinajstić information content (AvgIpc) is 2.81. The van der Waals surface area contributed by atoms with E-state index in [0.717, 1.165) is 18.5 Å². The van der Waals surface area contributed by atoms with Crippen LogP contribution in [0.4, 0.5) is 4.79 Å². The summed E-state index contributed by atoms with van der Waals surface area (Å²) in [6, 6.07) is 1.58. The van der Waals surface area contributed by atoms with E-state index in [0.29, 0.717) is 25.4 Å². The third kappa shape index (κ3) is 3.97. The number of carboxylic acids is 1. The van der Waals surface area contributed by atoms with E-state index in [-0.39, 0.29) is 18.4 Å². The molecule has 20 heavy (non-hydrogen) atoms. The van der Waals surface area contributed by atoms with Gasteiger partial charge in [0.1, 0.15) is 0 Å². The molecule has 7 heteroatoms. The van der Waals surface area contributed by atoms with Gasteiger partial charge >= 0.3 is 12.0 Å². The van der Waals surface area contributed by atoms with Crippen molar-refractivity contribution in [2.24, 2.45) is 5.92 Å². The summed E-state index contributed by atoms with van der Waals surface area (Å²) in [7, 11) is 0. The smallest absolute Gasteiger partial charge is 0.317 e. The minimum Gasteiger partial charge on any atom is -0.481 e. The summed E-state index contributed by atoms with van der Waals surface area (Å²) < 4.78 is 5.01. The molecule has 0 saturated carbocycles. The van der Waals surface area contributed by atoms with Crippen LogP contribution >= 0.6 is 0 Å². The van der Waals surface area contributed by atoms with Crippen molar-refractivity contribution in [3.05, 3.63) is 17.5 Å². The molecule has 0 radical (unpaired) electrons. The molecule has 2 N–H and O–H groups in total. The highest BCUT2D eigenvalue weighted by atomic mass is 16.5. The Kier molecular flexibility index (Phi) is 4.60. The monoisotopic (exact) mass is 281 g/mol. The number of piperidine rings is 1. The van der Waals surface area contributed by atoms with E-state index in [1.807, 2.05) is 6.92 Å². The highest BCUT2D eigenvalue weighted by Crippen LogP contribution is 2.19. The molecule has 1 unspecified atom stereocenters. The van der Waals surface area contributed by atoms with E-state index >= 15 is 0 Å². The second-order valence-corrected chi connectivity index (χ2v) is 5.15. The summed E-state index contributed by atoms with van der Waals surface area (Å²) in [5, 5.41) is 15.3. The quantitative estimate of drug-likeness (QED) is 0.869. The van der Waals surface area contributed by atoms with Crippen LogP contribution in [0.25, 0.3) is 0 Å². The van der Waals surface area contributed by atoms with Crippen LogP contribution in [-0.2, 0) is 11.3 Å². The molecule has 0 spiro atoms. The van der Waals surface area contributed by atoms with Crippen molar-refractivity contribution in [2.75, 3.05) is 13.1 Å². The molecule has 1 aliphatic rings. The minimum atomic E-state index is -0.811. The van der Waals surface area contributed by atoms with Crippen LogP contribution in [0.3, 0.4) is 0 Å². The van der Waals surface area contributed by atoms with E-state index in [1.165, 1.54) is 0 Å². The first-order valence-corrected chi connectivity index (χ1v) is 6.71. The number of carbonyl (C=O) groups excluding carboxylic acids is 1. The normalized spacial score (nSPS) is 18.9. The molecule has 2 amide bonds. The third-order valence-electron chi connectivity index (χ3n) is 3.36. The lowest BCUT2D eigenvalue weighted by Gasteiger charge is -2.32. The Balaban J connectivity index is 1.81. The zero-order valence-corrected chi connectivity index (χ0v) is 11.5. The maximum absolute atomic E-state index is 12.0. The van der Waals surface area contributed by atoms with E-state index < -0.39 is 5.97 Å². The van der Waals surface area contributed by atoms with Crippen LogP contribution in [0.15, 0.2) is 10.6 Å². The van der Waals surface area contributed by atoms with Gasteiger partial charge in [-0.3, -0.25) is 4.79 Å². The molecule has 0 aliphatic carbocycles. The van der Waals surface area contributed by atoms with Crippen LogP contribution in [0.1, 0.15) is 30.7 Å². The highest BCUT2D eigenvalue weighted by Gasteiger charge is 2.25. The van der Waals surface area contributed by atoms with Crippen LogP contribution in [-0.4, -0.2) is 40.3 Å². The van der Waals surface area contributed by atoms with Crippen molar-refractivity contribution in [2.45, 2.75) is 32.7 Å². The molecule has 1 fully saturated rings. The molecule has 2 rings (SSSR count). The molecule has 7 nitrogen and oxygen atoms in total. The van der Waals surface area contributed by atoms with Crippen molar-refractivity contribution < 1.29 is 19.2 Å². The number of nitrogens with one attached hydrogen (secondary N) is 1. The Hall–Kier alpha value is -2.05. The van der Waals surface area contributed by atoms with Crippen molar-refractivity contribution in [3.8, 4) is 0 Å². The number of carboxylic acid groups (broad SMARTS) is 1. The van der Waals surface area contributed by atoms with Crippen LogP contribution in [0, 0.1) is 12.8 Å². The van der Waals surface area contributed by atoms with E-state index in [4.69, 9.17) is 9.63 Å². The number of carbonyl (C=O) groups is 2. The number of nitrogens with zero attached hydrogens (tertiary/aromatic N) is 2. The maximum atomic E-state index is 12.0. The summed E-state index contributed by atoms with van der Waals surface area (Å²) in [6.45, 7) is 3.26. The summed E-state index contributed by atoms with van der Waals surface area (Å²) in [5.74, 6) is -0.163. The third-order valence-corrected chi connectivity index (χ3v) is 3.36. The largest absolute Gasteiger partial charge is 0.481 e. The molecule has 1 aromatic rings. The lowest BCUT2D eigenvalue weighted by molar-refractivity contribution is -0.138. The topological polar surface area (TPSA) is 95.7 Å². The van der Waals surface area contributed by atoms with Gasteiger partial charge in [-0.15, -0.1) is 0 Å². The predicted molar refractivity (Wildman–Crippen MR) is 70.0 cm³/mol. The van der Waals surface area contributed by atoms with Gasteiger partial charge in [0.25, 0.3) is 0 Å². The number of likely N-dealkylation sites (tertiary alicyclic amines) is 1. The van der Waals surface area contributed by atoms with Gasteiger partial charge < -0.3 is 19.8 Å². The Morgan fingerprint density at radius 1 is 1.60 bits per heavy atom. The van der Waals surface area contributed by atoms with Crippen LogP contribution in [0.2, 0.25) is 0 Å². The summed E-state index contributed by atoms with van der Waals surface area (Å²) in [4.78, 5) is 24.4. The molecule has 1 saturated heterocycles. The second-order valence-electron chi connectivity index (χ2n) is 5.15. The molecule has 110 valence electrons. The number of amides is 2.